The monoisotopic (exact) mass is 224 g/mol. The first kappa shape index (κ1) is 9.51. The Labute approximate surface area is 93.8 Å². The molecule has 1 N–H and O–H groups in total. The zero-order valence-electron chi connectivity index (χ0n) is 8.94. The van der Waals surface area contributed by atoms with Crippen LogP contribution in [0.3, 0.4) is 0 Å². The van der Waals surface area contributed by atoms with Crippen molar-refractivity contribution in [2.24, 2.45) is 0 Å². The lowest BCUT2D eigenvalue weighted by Gasteiger charge is -2.31. The van der Waals surface area contributed by atoms with E-state index >= 15 is 0 Å². The second-order valence-corrected chi connectivity index (χ2v) is 5.60. The number of hydrogen-bond acceptors (Lipinski definition) is 4. The van der Waals surface area contributed by atoms with E-state index in [0.717, 1.165) is 11.0 Å². The summed E-state index contributed by atoms with van der Waals surface area (Å²) in [6, 6.07) is 0.611. The number of rotatable bonds is 0. The number of aromatic nitrogens is 3. The Morgan fingerprint density at radius 3 is 3.07 bits per heavy atom. The first-order chi connectivity index (χ1) is 7.34. The maximum absolute atomic E-state index is 4.19. The van der Waals surface area contributed by atoms with Crippen LogP contribution in [0.5, 0.6) is 0 Å². The Bertz CT molecular complexity index is 362. The predicted octanol–water partition coefficient (Wildman–Crippen LogP) is 1.94. The Balaban J connectivity index is 1.88. The molecule has 0 radical (unpaired) electrons. The summed E-state index contributed by atoms with van der Waals surface area (Å²) in [7, 11) is 0. The summed E-state index contributed by atoms with van der Waals surface area (Å²) in [5, 5.41) is 10.0. The van der Waals surface area contributed by atoms with Crippen molar-refractivity contribution in [3.05, 3.63) is 5.82 Å². The molecule has 0 saturated heterocycles. The molecule has 0 bridgehead atoms. The fraction of sp³-hybridized carbons (Fsp3) is 0.800. The van der Waals surface area contributed by atoms with Gasteiger partial charge < -0.3 is 5.43 Å². The average molecular weight is 224 g/mol. The van der Waals surface area contributed by atoms with Gasteiger partial charge in [-0.1, -0.05) is 31.0 Å². The minimum atomic E-state index is 0.611. The number of thioether (sulfide) groups is 1. The van der Waals surface area contributed by atoms with E-state index in [0.29, 0.717) is 11.3 Å². The molecule has 4 nitrogen and oxygen atoms in total. The molecule has 5 heteroatoms. The van der Waals surface area contributed by atoms with E-state index in [4.69, 9.17) is 0 Å². The predicted molar refractivity (Wildman–Crippen MR) is 60.6 cm³/mol. The van der Waals surface area contributed by atoms with Crippen LogP contribution in [0.25, 0.3) is 0 Å². The zero-order chi connectivity index (χ0) is 10.3. The van der Waals surface area contributed by atoms with E-state index in [-0.39, 0.29) is 0 Å². The van der Waals surface area contributed by atoms with Gasteiger partial charge in [-0.3, -0.25) is 0 Å². The van der Waals surface area contributed by atoms with Crippen molar-refractivity contribution in [1.29, 1.82) is 0 Å². The lowest BCUT2D eigenvalue weighted by atomic mass is 10.1. The van der Waals surface area contributed by atoms with Crippen molar-refractivity contribution in [1.82, 2.24) is 14.9 Å². The highest BCUT2D eigenvalue weighted by atomic mass is 32.2. The molecule has 1 aromatic rings. The minimum Gasteiger partial charge on any atom is -0.318 e. The first-order valence-electron chi connectivity index (χ1n) is 5.70. The summed E-state index contributed by atoms with van der Waals surface area (Å²) < 4.78 is 2.05. The standard InChI is InChI=1S/C10H16N4S/c1-7-11-12-10-14(7)13-8-5-3-2-4-6-9(8)15-10/h8-9,13H,2-6H2,1H3. The molecule has 3 rings (SSSR count). The maximum Gasteiger partial charge on any atom is 0.210 e. The SMILES string of the molecule is Cc1nnc2n1NC1CCCCCC1S2. The highest BCUT2D eigenvalue weighted by Crippen LogP contribution is 2.35. The van der Waals surface area contributed by atoms with Gasteiger partial charge in [0, 0.05) is 5.25 Å². The molecule has 1 saturated carbocycles. The van der Waals surface area contributed by atoms with Crippen molar-refractivity contribution in [2.75, 3.05) is 5.43 Å². The second kappa shape index (κ2) is 3.70. The van der Waals surface area contributed by atoms with Crippen LogP contribution in [-0.2, 0) is 0 Å². The van der Waals surface area contributed by atoms with Gasteiger partial charge in [0.15, 0.2) is 0 Å². The maximum atomic E-state index is 4.19. The van der Waals surface area contributed by atoms with E-state index in [9.17, 15) is 0 Å². The molecule has 15 heavy (non-hydrogen) atoms. The topological polar surface area (TPSA) is 42.7 Å². The molecule has 1 aliphatic heterocycles. The van der Waals surface area contributed by atoms with Crippen LogP contribution >= 0.6 is 11.8 Å². The van der Waals surface area contributed by atoms with Crippen molar-refractivity contribution in [3.8, 4) is 0 Å². The quantitative estimate of drug-likeness (QED) is 0.731. The van der Waals surface area contributed by atoms with Crippen LogP contribution in [0.1, 0.15) is 37.9 Å². The third-order valence-electron chi connectivity index (χ3n) is 3.30. The Kier molecular flexibility index (Phi) is 2.35. The molecular weight excluding hydrogens is 208 g/mol. The molecule has 0 spiro atoms. The van der Waals surface area contributed by atoms with E-state index in [2.05, 4.69) is 20.3 Å². The van der Waals surface area contributed by atoms with E-state index in [1.807, 2.05) is 18.7 Å². The highest BCUT2D eigenvalue weighted by Gasteiger charge is 2.31. The largest absolute Gasteiger partial charge is 0.318 e. The Morgan fingerprint density at radius 1 is 1.27 bits per heavy atom. The molecular formula is C10H16N4S. The number of aryl methyl sites for hydroxylation is 1. The first-order valence-corrected chi connectivity index (χ1v) is 6.58. The lowest BCUT2D eigenvalue weighted by Crippen LogP contribution is -2.40. The molecule has 0 amide bonds. The van der Waals surface area contributed by atoms with E-state index < -0.39 is 0 Å². The summed E-state index contributed by atoms with van der Waals surface area (Å²) in [4.78, 5) is 0. The molecule has 1 aliphatic carbocycles. The smallest absolute Gasteiger partial charge is 0.210 e. The van der Waals surface area contributed by atoms with Crippen LogP contribution in [0, 0.1) is 6.92 Å². The fourth-order valence-corrected chi connectivity index (χ4v) is 3.73. The number of nitrogens with zero attached hydrogens (tertiary/aromatic N) is 3. The zero-order valence-corrected chi connectivity index (χ0v) is 9.76. The number of hydrogen-bond donors (Lipinski definition) is 1. The summed E-state index contributed by atoms with van der Waals surface area (Å²) in [6.45, 7) is 2.00. The van der Waals surface area contributed by atoms with Gasteiger partial charge in [-0.05, 0) is 19.8 Å². The average Bonchev–Trinajstić information content (AvgIpc) is 2.49. The van der Waals surface area contributed by atoms with Crippen LogP contribution < -0.4 is 5.43 Å². The van der Waals surface area contributed by atoms with Crippen molar-refractivity contribution in [2.45, 2.75) is 55.5 Å². The Hall–Kier alpha value is -0.710. The minimum absolute atomic E-state index is 0.611. The van der Waals surface area contributed by atoms with Crippen molar-refractivity contribution < 1.29 is 0 Å². The van der Waals surface area contributed by atoms with Gasteiger partial charge in [-0.25, -0.2) is 4.68 Å². The summed E-state index contributed by atoms with van der Waals surface area (Å²) >= 11 is 1.90. The van der Waals surface area contributed by atoms with Gasteiger partial charge in [0.25, 0.3) is 0 Å². The van der Waals surface area contributed by atoms with Crippen LogP contribution in [0.2, 0.25) is 0 Å². The molecule has 2 aliphatic rings. The van der Waals surface area contributed by atoms with Gasteiger partial charge in [0.2, 0.25) is 5.16 Å². The Morgan fingerprint density at radius 2 is 2.13 bits per heavy atom. The van der Waals surface area contributed by atoms with Gasteiger partial charge >= 0.3 is 0 Å². The third-order valence-corrected chi connectivity index (χ3v) is 4.64. The van der Waals surface area contributed by atoms with Crippen molar-refractivity contribution >= 4 is 11.8 Å². The molecule has 2 heterocycles. The molecule has 1 fully saturated rings. The van der Waals surface area contributed by atoms with Crippen LogP contribution in [0.4, 0.5) is 0 Å². The van der Waals surface area contributed by atoms with Crippen LogP contribution in [0.15, 0.2) is 5.16 Å². The van der Waals surface area contributed by atoms with Gasteiger partial charge in [-0.15, -0.1) is 10.2 Å². The van der Waals surface area contributed by atoms with Gasteiger partial charge in [-0.2, -0.15) is 0 Å². The number of nitrogens with one attached hydrogen (secondary N) is 1. The summed E-state index contributed by atoms with van der Waals surface area (Å²) in [6.07, 6.45) is 6.70. The molecule has 1 aromatic heterocycles. The summed E-state index contributed by atoms with van der Waals surface area (Å²) in [5.41, 5.74) is 3.56. The van der Waals surface area contributed by atoms with Gasteiger partial charge in [0.05, 0.1) is 6.04 Å². The highest BCUT2D eigenvalue weighted by molar-refractivity contribution is 7.99. The third kappa shape index (κ3) is 1.62. The van der Waals surface area contributed by atoms with Crippen molar-refractivity contribution in [3.63, 3.8) is 0 Å². The van der Waals surface area contributed by atoms with E-state index in [1.54, 1.807) is 0 Å². The van der Waals surface area contributed by atoms with Gasteiger partial charge in [0.1, 0.15) is 5.82 Å². The number of fused-ring (bicyclic) bond motifs is 2. The molecule has 82 valence electrons. The molecule has 2 atom stereocenters. The van der Waals surface area contributed by atoms with Crippen LogP contribution in [-0.4, -0.2) is 26.2 Å². The van der Waals surface area contributed by atoms with E-state index in [1.165, 1.54) is 32.1 Å². The fourth-order valence-electron chi connectivity index (χ4n) is 2.43. The second-order valence-electron chi connectivity index (χ2n) is 4.40. The molecule has 2 unspecified atom stereocenters. The lowest BCUT2D eigenvalue weighted by molar-refractivity contribution is 0.533. The normalized spacial score (nSPS) is 29.9. The summed E-state index contributed by atoms with van der Waals surface area (Å²) in [5.74, 6) is 0.972. The molecule has 0 aromatic carbocycles.